The van der Waals surface area contributed by atoms with E-state index in [2.05, 4.69) is 22.2 Å². The molecule has 21 heavy (non-hydrogen) atoms. The summed E-state index contributed by atoms with van der Waals surface area (Å²) in [4.78, 5) is 20.1. The van der Waals surface area contributed by atoms with Crippen molar-refractivity contribution in [2.75, 3.05) is 0 Å². The minimum atomic E-state index is -0.0464. The minimum absolute atomic E-state index is 0.0192. The standard InChI is InChI=1S/C17H21N3O/c1-3-13-9-10-15(19-13)17(21)20-16(12-7-8-12)14-6-4-5-11(2)18-14/h4-6,9-10,12,16,19H,3,7-8H2,1-2H3,(H,20,21)/t16-/m1/s1. The fraction of sp³-hybridized carbons (Fsp3) is 0.412. The van der Waals surface area contributed by atoms with Gasteiger partial charge in [0.25, 0.3) is 5.91 Å². The number of nitrogens with zero attached hydrogens (tertiary/aromatic N) is 1. The highest BCUT2D eigenvalue weighted by Gasteiger charge is 2.34. The highest BCUT2D eigenvalue weighted by Crippen LogP contribution is 2.40. The van der Waals surface area contributed by atoms with Crippen LogP contribution in [0.25, 0.3) is 0 Å². The molecule has 0 unspecified atom stereocenters. The van der Waals surface area contributed by atoms with Crippen LogP contribution >= 0.6 is 0 Å². The van der Waals surface area contributed by atoms with Crippen LogP contribution in [0.3, 0.4) is 0 Å². The molecule has 4 nitrogen and oxygen atoms in total. The quantitative estimate of drug-likeness (QED) is 0.885. The van der Waals surface area contributed by atoms with E-state index in [-0.39, 0.29) is 11.9 Å². The van der Waals surface area contributed by atoms with E-state index in [1.165, 1.54) is 0 Å². The maximum Gasteiger partial charge on any atom is 0.268 e. The van der Waals surface area contributed by atoms with Gasteiger partial charge in [0, 0.05) is 11.4 Å². The van der Waals surface area contributed by atoms with Gasteiger partial charge in [0.2, 0.25) is 0 Å². The molecule has 0 aromatic carbocycles. The van der Waals surface area contributed by atoms with E-state index in [0.29, 0.717) is 11.6 Å². The van der Waals surface area contributed by atoms with Crippen LogP contribution in [0.4, 0.5) is 0 Å². The topological polar surface area (TPSA) is 57.8 Å². The fourth-order valence-electron chi connectivity index (χ4n) is 2.60. The summed E-state index contributed by atoms with van der Waals surface area (Å²) in [6.07, 6.45) is 3.22. The van der Waals surface area contributed by atoms with Gasteiger partial charge < -0.3 is 10.3 Å². The van der Waals surface area contributed by atoms with Gasteiger partial charge in [-0.25, -0.2) is 0 Å². The summed E-state index contributed by atoms with van der Waals surface area (Å²) >= 11 is 0. The SMILES string of the molecule is CCc1ccc(C(=O)N[C@@H](c2cccc(C)n2)C2CC2)[nH]1. The van der Waals surface area contributed by atoms with Crippen LogP contribution in [0.2, 0.25) is 0 Å². The van der Waals surface area contributed by atoms with Crippen molar-refractivity contribution in [2.45, 2.75) is 39.2 Å². The smallest absolute Gasteiger partial charge is 0.268 e. The number of aromatic nitrogens is 2. The molecule has 0 saturated heterocycles. The second-order valence-corrected chi connectivity index (χ2v) is 5.74. The summed E-state index contributed by atoms with van der Waals surface area (Å²) in [5.74, 6) is 0.471. The molecule has 1 aliphatic rings. The molecule has 1 fully saturated rings. The average molecular weight is 283 g/mol. The third kappa shape index (κ3) is 3.15. The number of aromatic amines is 1. The molecule has 0 aliphatic heterocycles. The Morgan fingerprint density at radius 3 is 2.81 bits per heavy atom. The van der Waals surface area contributed by atoms with Gasteiger partial charge in [-0.15, -0.1) is 0 Å². The predicted molar refractivity (Wildman–Crippen MR) is 82.1 cm³/mol. The Kier molecular flexibility index (Phi) is 3.78. The monoisotopic (exact) mass is 283 g/mol. The molecule has 1 amide bonds. The van der Waals surface area contributed by atoms with E-state index in [0.717, 1.165) is 36.3 Å². The first kappa shape index (κ1) is 13.9. The van der Waals surface area contributed by atoms with Gasteiger partial charge >= 0.3 is 0 Å². The van der Waals surface area contributed by atoms with Gasteiger partial charge in [-0.3, -0.25) is 9.78 Å². The number of carbonyl (C=O) groups excluding carboxylic acids is 1. The maximum atomic E-state index is 12.4. The number of amides is 1. The minimum Gasteiger partial charge on any atom is -0.354 e. The predicted octanol–water partition coefficient (Wildman–Crippen LogP) is 3.16. The molecule has 1 atom stereocenters. The number of H-pyrrole nitrogens is 1. The summed E-state index contributed by atoms with van der Waals surface area (Å²) in [6.45, 7) is 4.05. The number of pyridine rings is 1. The van der Waals surface area contributed by atoms with E-state index in [9.17, 15) is 4.79 Å². The van der Waals surface area contributed by atoms with Gasteiger partial charge in [-0.05, 0) is 56.4 Å². The summed E-state index contributed by atoms with van der Waals surface area (Å²) in [7, 11) is 0. The lowest BCUT2D eigenvalue weighted by molar-refractivity contribution is 0.0926. The van der Waals surface area contributed by atoms with Crippen LogP contribution in [0.1, 0.15) is 53.4 Å². The largest absolute Gasteiger partial charge is 0.354 e. The molecule has 2 aromatic heterocycles. The Bertz CT molecular complexity index is 643. The molecule has 3 rings (SSSR count). The first-order valence-corrected chi connectivity index (χ1v) is 7.59. The zero-order chi connectivity index (χ0) is 14.8. The van der Waals surface area contributed by atoms with Crippen molar-refractivity contribution in [1.29, 1.82) is 0 Å². The summed E-state index contributed by atoms with van der Waals surface area (Å²) in [6, 6.07) is 9.82. The number of aryl methyl sites for hydroxylation is 2. The lowest BCUT2D eigenvalue weighted by atomic mass is 10.1. The molecule has 1 aliphatic carbocycles. The van der Waals surface area contributed by atoms with Crippen LogP contribution in [0.15, 0.2) is 30.3 Å². The van der Waals surface area contributed by atoms with Crippen molar-refractivity contribution in [3.05, 3.63) is 53.1 Å². The zero-order valence-electron chi connectivity index (χ0n) is 12.5. The van der Waals surface area contributed by atoms with Gasteiger partial charge in [-0.2, -0.15) is 0 Å². The highest BCUT2D eigenvalue weighted by molar-refractivity contribution is 5.92. The van der Waals surface area contributed by atoms with Crippen LogP contribution in [-0.2, 0) is 6.42 Å². The van der Waals surface area contributed by atoms with Gasteiger partial charge in [0.15, 0.2) is 0 Å². The molecule has 0 spiro atoms. The molecular formula is C17H21N3O. The number of hydrogen-bond donors (Lipinski definition) is 2. The van der Waals surface area contributed by atoms with Crippen molar-refractivity contribution < 1.29 is 4.79 Å². The Hall–Kier alpha value is -2.10. The molecule has 110 valence electrons. The first-order chi connectivity index (χ1) is 10.2. The molecule has 0 bridgehead atoms. The van der Waals surface area contributed by atoms with Crippen molar-refractivity contribution in [3.8, 4) is 0 Å². The third-order valence-electron chi connectivity index (χ3n) is 3.98. The average Bonchev–Trinajstić information content (AvgIpc) is 3.20. The van der Waals surface area contributed by atoms with E-state index in [1.807, 2.05) is 37.3 Å². The Morgan fingerprint density at radius 2 is 2.19 bits per heavy atom. The zero-order valence-corrected chi connectivity index (χ0v) is 12.5. The number of hydrogen-bond acceptors (Lipinski definition) is 2. The molecule has 0 radical (unpaired) electrons. The maximum absolute atomic E-state index is 12.4. The highest BCUT2D eigenvalue weighted by atomic mass is 16.1. The lowest BCUT2D eigenvalue weighted by Gasteiger charge is -2.18. The molecule has 2 heterocycles. The van der Waals surface area contributed by atoms with E-state index in [1.54, 1.807) is 0 Å². The molecular weight excluding hydrogens is 262 g/mol. The van der Waals surface area contributed by atoms with Crippen LogP contribution in [0, 0.1) is 12.8 Å². The Labute approximate surface area is 125 Å². The van der Waals surface area contributed by atoms with Crippen molar-refractivity contribution in [1.82, 2.24) is 15.3 Å². The Balaban J connectivity index is 1.77. The number of nitrogens with one attached hydrogen (secondary N) is 2. The lowest BCUT2D eigenvalue weighted by Crippen LogP contribution is -2.30. The van der Waals surface area contributed by atoms with E-state index < -0.39 is 0 Å². The van der Waals surface area contributed by atoms with Crippen molar-refractivity contribution in [3.63, 3.8) is 0 Å². The van der Waals surface area contributed by atoms with E-state index >= 15 is 0 Å². The van der Waals surface area contributed by atoms with Crippen molar-refractivity contribution >= 4 is 5.91 Å². The second kappa shape index (κ2) is 5.72. The summed E-state index contributed by atoms with van der Waals surface area (Å²) in [5, 5.41) is 3.14. The van der Waals surface area contributed by atoms with Crippen molar-refractivity contribution in [2.24, 2.45) is 5.92 Å². The number of rotatable bonds is 5. The Morgan fingerprint density at radius 1 is 1.38 bits per heavy atom. The summed E-state index contributed by atoms with van der Waals surface area (Å²) in [5.41, 5.74) is 3.66. The fourth-order valence-corrected chi connectivity index (χ4v) is 2.60. The van der Waals surface area contributed by atoms with Gasteiger partial charge in [0.05, 0.1) is 11.7 Å². The summed E-state index contributed by atoms with van der Waals surface area (Å²) < 4.78 is 0. The normalized spacial score (nSPS) is 15.7. The first-order valence-electron chi connectivity index (χ1n) is 7.59. The van der Waals surface area contributed by atoms with E-state index in [4.69, 9.17) is 0 Å². The molecule has 4 heteroatoms. The van der Waals surface area contributed by atoms with Gasteiger partial charge in [-0.1, -0.05) is 13.0 Å². The second-order valence-electron chi connectivity index (χ2n) is 5.74. The van der Waals surface area contributed by atoms with Crippen LogP contribution < -0.4 is 5.32 Å². The van der Waals surface area contributed by atoms with Crippen LogP contribution in [0.5, 0.6) is 0 Å². The molecule has 2 N–H and O–H groups in total. The molecule has 2 aromatic rings. The van der Waals surface area contributed by atoms with Crippen LogP contribution in [-0.4, -0.2) is 15.9 Å². The number of carbonyl (C=O) groups is 1. The molecule has 1 saturated carbocycles. The third-order valence-corrected chi connectivity index (χ3v) is 3.98. The van der Waals surface area contributed by atoms with Gasteiger partial charge in [0.1, 0.15) is 5.69 Å².